The number of sulfonamides is 1. The fourth-order valence-electron chi connectivity index (χ4n) is 4.98. The van der Waals surface area contributed by atoms with Crippen LogP contribution >= 0.6 is 0 Å². The Kier molecular flexibility index (Phi) is 7.24. The number of likely N-dealkylation sites (tertiary alicyclic amines) is 1. The van der Waals surface area contributed by atoms with Gasteiger partial charge in [0, 0.05) is 30.3 Å². The third-order valence-corrected chi connectivity index (χ3v) is 7.02. The molecule has 10 heteroatoms. The molecule has 2 saturated heterocycles. The van der Waals surface area contributed by atoms with Gasteiger partial charge in [-0.15, -0.1) is 0 Å². The number of hydrogen-bond donors (Lipinski definition) is 3. The highest BCUT2D eigenvalue weighted by Gasteiger charge is 2.46. The fourth-order valence-corrected chi connectivity index (χ4v) is 5.54. The molecule has 4 rings (SSSR count). The number of carbonyl (C=O) groups excluding carboxylic acids is 1. The van der Waals surface area contributed by atoms with Crippen LogP contribution in [-0.2, 0) is 19.6 Å². The fraction of sp³-hybridized carbons (Fsp3) is 0.682. The zero-order valence-corrected chi connectivity index (χ0v) is 19.3. The predicted molar refractivity (Wildman–Crippen MR) is 120 cm³/mol. The maximum Gasteiger partial charge on any atom is 0.229 e. The summed E-state index contributed by atoms with van der Waals surface area (Å²) in [5.41, 5.74) is 1.34. The molecule has 2 fully saturated rings. The zero-order chi connectivity index (χ0) is 22.7. The van der Waals surface area contributed by atoms with Crippen LogP contribution in [0.1, 0.15) is 43.6 Å². The van der Waals surface area contributed by atoms with Crippen LogP contribution in [-0.4, -0.2) is 81.7 Å². The van der Waals surface area contributed by atoms with Gasteiger partial charge in [0.1, 0.15) is 18.0 Å². The summed E-state index contributed by atoms with van der Waals surface area (Å²) in [5, 5.41) is 12.9. The molecule has 0 aliphatic carbocycles. The largest absolute Gasteiger partial charge is 0.487 e. The Hall–Kier alpha value is -1.88. The number of fused-ring (bicyclic) bond motifs is 3. The van der Waals surface area contributed by atoms with Crippen molar-refractivity contribution in [3.63, 3.8) is 0 Å². The van der Waals surface area contributed by atoms with Crippen molar-refractivity contribution in [2.75, 3.05) is 43.8 Å². The summed E-state index contributed by atoms with van der Waals surface area (Å²) >= 11 is 0. The van der Waals surface area contributed by atoms with Gasteiger partial charge in [-0.3, -0.25) is 9.52 Å². The molecule has 3 aliphatic rings. The first-order valence-electron chi connectivity index (χ1n) is 11.4. The molecule has 4 atom stereocenters. The highest BCUT2D eigenvalue weighted by molar-refractivity contribution is 7.92. The topological polar surface area (TPSA) is 117 Å². The maximum atomic E-state index is 12.5. The minimum atomic E-state index is -3.40. The number of benzene rings is 1. The summed E-state index contributed by atoms with van der Waals surface area (Å²) < 4.78 is 37.7. The molecule has 0 unspecified atom stereocenters. The van der Waals surface area contributed by atoms with E-state index in [2.05, 4.69) is 14.9 Å². The van der Waals surface area contributed by atoms with E-state index in [1.54, 1.807) is 18.2 Å². The second-order valence-corrected chi connectivity index (χ2v) is 10.7. The minimum Gasteiger partial charge on any atom is -0.487 e. The molecular weight excluding hydrogens is 434 g/mol. The highest BCUT2D eigenvalue weighted by Crippen LogP contribution is 2.47. The summed E-state index contributed by atoms with van der Waals surface area (Å²) in [4.78, 5) is 14.9. The lowest BCUT2D eigenvalue weighted by Crippen LogP contribution is -2.47. The van der Waals surface area contributed by atoms with E-state index in [9.17, 15) is 18.3 Å². The normalized spacial score (nSPS) is 27.8. The summed E-state index contributed by atoms with van der Waals surface area (Å²) in [6, 6.07) is 5.16. The van der Waals surface area contributed by atoms with Crippen molar-refractivity contribution < 1.29 is 27.8 Å². The molecule has 0 saturated carbocycles. The second-order valence-electron chi connectivity index (χ2n) is 8.99. The number of carbonyl (C=O) groups is 1. The lowest BCUT2D eigenvalue weighted by Gasteiger charge is -2.37. The van der Waals surface area contributed by atoms with Crippen molar-refractivity contribution >= 4 is 21.6 Å². The Labute approximate surface area is 189 Å². The average Bonchev–Trinajstić information content (AvgIpc) is 3.11. The van der Waals surface area contributed by atoms with Crippen LogP contribution in [0.15, 0.2) is 18.2 Å². The second kappa shape index (κ2) is 9.94. The molecule has 9 nitrogen and oxygen atoms in total. The zero-order valence-electron chi connectivity index (χ0n) is 18.5. The van der Waals surface area contributed by atoms with Crippen molar-refractivity contribution in [3.8, 4) is 5.75 Å². The first-order valence-corrected chi connectivity index (χ1v) is 13.3. The van der Waals surface area contributed by atoms with Crippen LogP contribution in [0.4, 0.5) is 5.69 Å². The number of hydrogen-bond acceptors (Lipinski definition) is 7. The molecule has 0 radical (unpaired) electrons. The Balaban J connectivity index is 1.37. The van der Waals surface area contributed by atoms with Crippen molar-refractivity contribution in [1.82, 2.24) is 10.2 Å². The minimum absolute atomic E-state index is 0.0613. The lowest BCUT2D eigenvalue weighted by molar-refractivity contribution is -0.142. The predicted octanol–water partition coefficient (Wildman–Crippen LogP) is 1.04. The van der Waals surface area contributed by atoms with E-state index in [-0.39, 0.29) is 37.1 Å². The number of piperidine rings is 1. The van der Waals surface area contributed by atoms with Crippen molar-refractivity contribution in [2.24, 2.45) is 0 Å². The van der Waals surface area contributed by atoms with Gasteiger partial charge >= 0.3 is 0 Å². The Bertz CT molecular complexity index is 918. The van der Waals surface area contributed by atoms with E-state index in [4.69, 9.17) is 9.47 Å². The van der Waals surface area contributed by atoms with Gasteiger partial charge in [-0.2, -0.15) is 0 Å². The molecule has 1 amide bonds. The van der Waals surface area contributed by atoms with Gasteiger partial charge < -0.3 is 24.8 Å². The first kappa shape index (κ1) is 23.3. The number of anilines is 1. The first-order chi connectivity index (χ1) is 15.3. The van der Waals surface area contributed by atoms with Gasteiger partial charge in [-0.25, -0.2) is 8.42 Å². The van der Waals surface area contributed by atoms with E-state index in [1.165, 1.54) is 19.3 Å². The molecule has 32 heavy (non-hydrogen) atoms. The molecule has 0 spiro atoms. The molecule has 0 aromatic heterocycles. The van der Waals surface area contributed by atoms with Gasteiger partial charge in [-0.1, -0.05) is 6.42 Å². The van der Waals surface area contributed by atoms with Crippen molar-refractivity contribution in [1.29, 1.82) is 0 Å². The number of rotatable bonds is 8. The Morgan fingerprint density at radius 3 is 2.75 bits per heavy atom. The molecule has 0 bridgehead atoms. The molecule has 3 N–H and O–H groups in total. The van der Waals surface area contributed by atoms with E-state index >= 15 is 0 Å². The Morgan fingerprint density at radius 2 is 2.03 bits per heavy atom. The van der Waals surface area contributed by atoms with Gasteiger partial charge in [0.15, 0.2) is 0 Å². The summed E-state index contributed by atoms with van der Waals surface area (Å²) in [7, 11) is -3.40. The number of nitrogens with one attached hydrogen (secondary N) is 2. The summed E-state index contributed by atoms with van der Waals surface area (Å²) in [6.45, 7) is 3.46. The smallest absolute Gasteiger partial charge is 0.229 e. The molecule has 178 valence electrons. The van der Waals surface area contributed by atoms with Crippen LogP contribution in [0.3, 0.4) is 0 Å². The number of nitrogens with zero attached hydrogens (tertiary/aromatic N) is 1. The Morgan fingerprint density at radius 1 is 1.25 bits per heavy atom. The number of ether oxygens (including phenoxy) is 2. The number of aliphatic hydroxyl groups excluding tert-OH is 1. The number of aliphatic hydroxyl groups is 1. The van der Waals surface area contributed by atoms with E-state index in [0.717, 1.165) is 31.5 Å². The van der Waals surface area contributed by atoms with Crippen LogP contribution < -0.4 is 14.8 Å². The standard InChI is InChI=1S/C22H33N3O6S/c1-32(28,29)24-15-5-6-19-17(11-15)18-12-16(30-20(14-26)22(18)31-19)13-21(27)23-7-10-25-8-3-2-4-9-25/h5-6,11,16,18,20,22,24,26H,2-4,7-10,12-14H2,1H3,(H,23,27)/t16-,18+,20-,22-/m0/s1. The molecule has 1 aromatic rings. The highest BCUT2D eigenvalue weighted by atomic mass is 32.2. The van der Waals surface area contributed by atoms with Gasteiger partial charge in [0.05, 0.1) is 25.4 Å². The van der Waals surface area contributed by atoms with Crippen LogP contribution in [0.25, 0.3) is 0 Å². The quantitative estimate of drug-likeness (QED) is 0.523. The lowest BCUT2D eigenvalue weighted by atomic mass is 9.84. The van der Waals surface area contributed by atoms with Gasteiger partial charge in [-0.05, 0) is 50.6 Å². The van der Waals surface area contributed by atoms with Crippen LogP contribution in [0.5, 0.6) is 5.75 Å². The average molecular weight is 468 g/mol. The van der Waals surface area contributed by atoms with Crippen molar-refractivity contribution in [2.45, 2.75) is 56.3 Å². The van der Waals surface area contributed by atoms with Gasteiger partial charge in [0.25, 0.3) is 0 Å². The van der Waals surface area contributed by atoms with E-state index in [0.29, 0.717) is 24.4 Å². The third kappa shape index (κ3) is 5.72. The van der Waals surface area contributed by atoms with E-state index < -0.39 is 16.1 Å². The summed E-state index contributed by atoms with van der Waals surface area (Å²) in [6.07, 6.45) is 4.38. The van der Waals surface area contributed by atoms with Crippen LogP contribution in [0.2, 0.25) is 0 Å². The van der Waals surface area contributed by atoms with E-state index in [1.807, 2.05) is 0 Å². The SMILES string of the molecule is CS(=O)(=O)Nc1ccc2c(c1)[C@H]1C[C@@H](CC(=O)NCCN3CCCCC3)O[C@@H](CO)[C@H]1O2. The number of amides is 1. The monoisotopic (exact) mass is 467 g/mol. The molecule has 1 aromatic carbocycles. The van der Waals surface area contributed by atoms with Crippen LogP contribution in [0, 0.1) is 0 Å². The van der Waals surface area contributed by atoms with Crippen molar-refractivity contribution in [3.05, 3.63) is 23.8 Å². The summed E-state index contributed by atoms with van der Waals surface area (Å²) in [5.74, 6) is 0.518. The molecule has 3 heterocycles. The third-order valence-electron chi connectivity index (χ3n) is 6.41. The van der Waals surface area contributed by atoms with Gasteiger partial charge in [0.2, 0.25) is 15.9 Å². The molecule has 3 aliphatic heterocycles. The molecular formula is C22H33N3O6S. The maximum absolute atomic E-state index is 12.5.